The lowest BCUT2D eigenvalue weighted by Crippen LogP contribution is -2.37. The van der Waals surface area contributed by atoms with Crippen LogP contribution >= 0.6 is 11.3 Å². The predicted octanol–water partition coefficient (Wildman–Crippen LogP) is 3.29. The zero-order valence-corrected chi connectivity index (χ0v) is 18.3. The normalized spacial score (nSPS) is 23.5. The van der Waals surface area contributed by atoms with Crippen molar-refractivity contribution in [2.45, 2.75) is 48.2 Å². The van der Waals surface area contributed by atoms with E-state index >= 15 is 0 Å². The summed E-state index contributed by atoms with van der Waals surface area (Å²) in [5.41, 5.74) is 0.839. The molecule has 1 aliphatic heterocycles. The Bertz CT molecular complexity index is 1170. The van der Waals surface area contributed by atoms with E-state index in [0.717, 1.165) is 15.6 Å². The lowest BCUT2D eigenvalue weighted by Gasteiger charge is -2.29. The first-order valence-electron chi connectivity index (χ1n) is 10.2. The minimum absolute atomic E-state index is 0.0228. The summed E-state index contributed by atoms with van der Waals surface area (Å²) in [5, 5.41) is 3.43. The molecule has 5 rings (SSSR count). The number of hydrogen-bond donors (Lipinski definition) is 1. The van der Waals surface area contributed by atoms with Crippen LogP contribution in [0.3, 0.4) is 0 Å². The first-order valence-corrected chi connectivity index (χ1v) is 12.5. The molecule has 1 aromatic carbocycles. The van der Waals surface area contributed by atoms with Crippen LogP contribution in [0.5, 0.6) is 0 Å². The van der Waals surface area contributed by atoms with E-state index in [1.54, 1.807) is 36.7 Å². The van der Waals surface area contributed by atoms with Crippen molar-refractivity contribution in [2.24, 2.45) is 0 Å². The molecule has 7 nitrogen and oxygen atoms in total. The summed E-state index contributed by atoms with van der Waals surface area (Å²) in [6.07, 6.45) is 5.08. The zero-order valence-electron chi connectivity index (χ0n) is 16.7. The van der Waals surface area contributed by atoms with Crippen LogP contribution in [0.25, 0.3) is 10.1 Å². The first kappa shape index (κ1) is 20.6. The highest BCUT2D eigenvalue weighted by Crippen LogP contribution is 2.34. The second-order valence-corrected chi connectivity index (χ2v) is 11.2. The van der Waals surface area contributed by atoms with E-state index in [1.807, 2.05) is 12.1 Å². The molecule has 1 aliphatic carbocycles. The van der Waals surface area contributed by atoms with Crippen LogP contribution in [-0.4, -0.2) is 43.6 Å². The Labute approximate surface area is 184 Å². The molecule has 31 heavy (non-hydrogen) atoms. The van der Waals surface area contributed by atoms with Gasteiger partial charge in [0.05, 0.1) is 31.9 Å². The molecule has 2 fully saturated rings. The summed E-state index contributed by atoms with van der Waals surface area (Å²) in [4.78, 5) is 17.5. The van der Waals surface area contributed by atoms with Gasteiger partial charge in [-0.15, -0.1) is 11.3 Å². The zero-order chi connectivity index (χ0) is 21.4. The Morgan fingerprint density at radius 3 is 2.74 bits per heavy atom. The molecule has 3 aromatic rings. The number of benzene rings is 1. The van der Waals surface area contributed by atoms with Gasteiger partial charge >= 0.3 is 0 Å². The molecular formula is C22H22N2O5S2. The van der Waals surface area contributed by atoms with Gasteiger partial charge < -0.3 is 14.8 Å². The third-order valence-corrected chi connectivity index (χ3v) is 9.26. The number of ether oxygens (including phenoxy) is 2. The lowest BCUT2D eigenvalue weighted by molar-refractivity contribution is 0.0396. The van der Waals surface area contributed by atoms with Crippen LogP contribution in [0.15, 0.2) is 53.7 Å². The number of amides is 1. The molecule has 0 spiro atoms. The van der Waals surface area contributed by atoms with Gasteiger partial charge in [-0.25, -0.2) is 8.42 Å². The van der Waals surface area contributed by atoms with E-state index in [2.05, 4.69) is 10.3 Å². The van der Waals surface area contributed by atoms with E-state index in [1.165, 1.54) is 11.3 Å². The van der Waals surface area contributed by atoms with Gasteiger partial charge in [-0.3, -0.25) is 9.78 Å². The number of hydrogen-bond acceptors (Lipinski definition) is 7. The molecule has 1 saturated carbocycles. The number of fused-ring (bicyclic) bond motifs is 2. The van der Waals surface area contributed by atoms with Crippen LogP contribution in [0.2, 0.25) is 0 Å². The number of nitrogens with zero attached hydrogens (tertiary/aromatic N) is 1. The van der Waals surface area contributed by atoms with Crippen LogP contribution in [0, 0.1) is 0 Å². The maximum absolute atomic E-state index is 13.1. The van der Waals surface area contributed by atoms with E-state index in [4.69, 9.17) is 9.47 Å². The monoisotopic (exact) mass is 458 g/mol. The maximum Gasteiger partial charge on any atom is 0.261 e. The van der Waals surface area contributed by atoms with Crippen molar-refractivity contribution in [2.75, 3.05) is 6.79 Å². The molecule has 1 amide bonds. The molecule has 2 aromatic heterocycles. The van der Waals surface area contributed by atoms with Crippen molar-refractivity contribution in [3.8, 4) is 0 Å². The molecule has 0 radical (unpaired) electrons. The standard InChI is InChI=1S/C22H22N2O5S2/c25-22(20-9-15-7-8-23-12-21(15)30-20)24-11-14-1-3-16(4-2-14)31(26,27)17-5-6-18-19(10-17)29-13-28-18/h1-4,7-9,12,17-19H,5-6,10-11,13H2,(H,24,25). The van der Waals surface area contributed by atoms with Gasteiger partial charge in [-0.2, -0.15) is 0 Å². The largest absolute Gasteiger partial charge is 0.349 e. The lowest BCUT2D eigenvalue weighted by atomic mass is 9.94. The van der Waals surface area contributed by atoms with Crippen molar-refractivity contribution in [1.29, 1.82) is 0 Å². The number of carbonyl (C=O) groups excluding carboxylic acids is 1. The van der Waals surface area contributed by atoms with Gasteiger partial charge in [-0.05, 0) is 54.5 Å². The first-order chi connectivity index (χ1) is 15.0. The van der Waals surface area contributed by atoms with E-state index in [0.29, 0.717) is 35.6 Å². The Balaban J connectivity index is 1.23. The SMILES string of the molecule is O=C(NCc1ccc(S(=O)(=O)C2CCC3OCOC3C2)cc1)c1cc2ccncc2s1. The molecule has 3 atom stereocenters. The fourth-order valence-corrected chi connectivity index (χ4v) is 6.92. The molecule has 0 bridgehead atoms. The average molecular weight is 459 g/mol. The summed E-state index contributed by atoms with van der Waals surface area (Å²) < 4.78 is 38.1. The third kappa shape index (κ3) is 4.10. The number of rotatable bonds is 5. The number of pyridine rings is 1. The van der Waals surface area contributed by atoms with Crippen LogP contribution in [0.4, 0.5) is 0 Å². The van der Waals surface area contributed by atoms with Gasteiger partial charge in [0.25, 0.3) is 5.91 Å². The Kier molecular flexibility index (Phi) is 5.51. The summed E-state index contributed by atoms with van der Waals surface area (Å²) in [6.45, 7) is 0.574. The van der Waals surface area contributed by atoms with Crippen LogP contribution in [0.1, 0.15) is 34.5 Å². The predicted molar refractivity (Wildman–Crippen MR) is 117 cm³/mol. The maximum atomic E-state index is 13.1. The fourth-order valence-electron chi connectivity index (χ4n) is 4.18. The quantitative estimate of drug-likeness (QED) is 0.631. The Morgan fingerprint density at radius 1 is 1.13 bits per heavy atom. The summed E-state index contributed by atoms with van der Waals surface area (Å²) in [7, 11) is -3.43. The molecule has 1 N–H and O–H groups in total. The van der Waals surface area contributed by atoms with Gasteiger partial charge in [-0.1, -0.05) is 12.1 Å². The van der Waals surface area contributed by atoms with Gasteiger partial charge in [0, 0.05) is 18.9 Å². The molecule has 1 saturated heterocycles. The summed E-state index contributed by atoms with van der Waals surface area (Å²) in [6, 6.07) is 10.5. The second-order valence-electron chi connectivity index (χ2n) is 7.86. The van der Waals surface area contributed by atoms with Gasteiger partial charge in [0.2, 0.25) is 0 Å². The highest BCUT2D eigenvalue weighted by molar-refractivity contribution is 7.92. The Hall–Kier alpha value is -2.33. The summed E-state index contributed by atoms with van der Waals surface area (Å²) >= 11 is 1.40. The number of thiophene rings is 1. The van der Waals surface area contributed by atoms with Crippen molar-refractivity contribution in [1.82, 2.24) is 10.3 Å². The fraction of sp³-hybridized carbons (Fsp3) is 0.364. The third-order valence-electron chi connectivity index (χ3n) is 5.94. The van der Waals surface area contributed by atoms with Crippen molar-refractivity contribution < 1.29 is 22.7 Å². The van der Waals surface area contributed by atoms with Crippen molar-refractivity contribution in [3.63, 3.8) is 0 Å². The van der Waals surface area contributed by atoms with E-state index in [9.17, 15) is 13.2 Å². The molecule has 3 heterocycles. The topological polar surface area (TPSA) is 94.6 Å². The molecule has 9 heteroatoms. The average Bonchev–Trinajstić information content (AvgIpc) is 3.44. The number of nitrogens with one attached hydrogen (secondary N) is 1. The minimum Gasteiger partial charge on any atom is -0.349 e. The molecular weight excluding hydrogens is 436 g/mol. The molecule has 3 unspecified atom stereocenters. The smallest absolute Gasteiger partial charge is 0.261 e. The van der Waals surface area contributed by atoms with E-state index < -0.39 is 15.1 Å². The molecule has 162 valence electrons. The Morgan fingerprint density at radius 2 is 1.94 bits per heavy atom. The van der Waals surface area contributed by atoms with Crippen LogP contribution < -0.4 is 5.32 Å². The summed E-state index contributed by atoms with van der Waals surface area (Å²) in [5.74, 6) is -0.159. The molecule has 2 aliphatic rings. The van der Waals surface area contributed by atoms with Crippen LogP contribution in [-0.2, 0) is 25.9 Å². The highest BCUT2D eigenvalue weighted by atomic mass is 32.2. The van der Waals surface area contributed by atoms with Gasteiger partial charge in [0.15, 0.2) is 9.84 Å². The van der Waals surface area contributed by atoms with Crippen molar-refractivity contribution >= 4 is 37.2 Å². The number of aromatic nitrogens is 1. The number of carbonyl (C=O) groups is 1. The second kappa shape index (κ2) is 8.31. The van der Waals surface area contributed by atoms with Crippen molar-refractivity contribution in [3.05, 3.63) is 59.2 Å². The highest BCUT2D eigenvalue weighted by Gasteiger charge is 2.41. The number of sulfone groups is 1. The van der Waals surface area contributed by atoms with Gasteiger partial charge in [0.1, 0.15) is 6.79 Å². The minimum atomic E-state index is -3.43. The van der Waals surface area contributed by atoms with E-state index in [-0.39, 0.29) is 24.9 Å².